The Labute approximate surface area is 121 Å². The van der Waals surface area contributed by atoms with Crippen molar-refractivity contribution in [2.24, 2.45) is 12.8 Å². The minimum Gasteiger partial charge on any atom is -0.378 e. The summed E-state index contributed by atoms with van der Waals surface area (Å²) in [6, 6.07) is -0.361. The molecule has 1 aliphatic rings. The maximum atomic E-state index is 11.5. The summed E-state index contributed by atoms with van der Waals surface area (Å²) in [4.78, 5) is 13.5. The van der Waals surface area contributed by atoms with Crippen molar-refractivity contribution in [2.45, 2.75) is 25.9 Å². The highest BCUT2D eigenvalue weighted by atomic mass is 79.9. The van der Waals surface area contributed by atoms with Gasteiger partial charge in [-0.2, -0.15) is 5.10 Å². The van der Waals surface area contributed by atoms with Gasteiger partial charge in [0.1, 0.15) is 6.04 Å². The molecular formula is C12H19BrN4O2. The van der Waals surface area contributed by atoms with Gasteiger partial charge in [0.2, 0.25) is 5.91 Å². The second kappa shape index (κ2) is 6.02. The lowest BCUT2D eigenvalue weighted by Gasteiger charge is -2.33. The fraction of sp³-hybridized carbons (Fsp3) is 0.667. The van der Waals surface area contributed by atoms with Crippen molar-refractivity contribution in [3.05, 3.63) is 15.9 Å². The standard InChI is InChI=1S/C12H19BrN4O2/c1-3-8-11(13)9(16(2)15-8)6-17-4-5-19-7-10(17)12(14)18/h10H,3-7H2,1-2H3,(H2,14,18). The molecule has 2 rings (SSSR count). The van der Waals surface area contributed by atoms with Gasteiger partial charge in [0.05, 0.1) is 29.1 Å². The number of hydrogen-bond acceptors (Lipinski definition) is 4. The Hall–Kier alpha value is -0.920. The molecule has 1 unspecified atom stereocenters. The molecule has 1 amide bonds. The number of aryl methyl sites for hydroxylation is 2. The first kappa shape index (κ1) is 14.5. The van der Waals surface area contributed by atoms with Crippen molar-refractivity contribution < 1.29 is 9.53 Å². The zero-order chi connectivity index (χ0) is 14.0. The van der Waals surface area contributed by atoms with Crippen molar-refractivity contribution >= 4 is 21.8 Å². The zero-order valence-corrected chi connectivity index (χ0v) is 12.8. The fourth-order valence-electron chi connectivity index (χ4n) is 2.27. The van der Waals surface area contributed by atoms with E-state index in [4.69, 9.17) is 10.5 Å². The lowest BCUT2D eigenvalue weighted by atomic mass is 10.2. The van der Waals surface area contributed by atoms with E-state index >= 15 is 0 Å². The van der Waals surface area contributed by atoms with Crippen LogP contribution in [0.25, 0.3) is 0 Å². The molecule has 19 heavy (non-hydrogen) atoms. The molecule has 1 aromatic rings. The molecule has 0 spiro atoms. The highest BCUT2D eigenvalue weighted by Gasteiger charge is 2.29. The van der Waals surface area contributed by atoms with E-state index < -0.39 is 0 Å². The molecule has 1 saturated heterocycles. The number of nitrogens with two attached hydrogens (primary N) is 1. The lowest BCUT2D eigenvalue weighted by Crippen LogP contribution is -2.52. The molecule has 6 nitrogen and oxygen atoms in total. The Morgan fingerprint density at radius 2 is 2.37 bits per heavy atom. The highest BCUT2D eigenvalue weighted by molar-refractivity contribution is 9.10. The minimum absolute atomic E-state index is 0.339. The number of aromatic nitrogens is 2. The van der Waals surface area contributed by atoms with E-state index in [0.717, 1.165) is 22.3 Å². The predicted octanol–water partition coefficient (Wildman–Crippen LogP) is 0.431. The Bertz CT molecular complexity index is 475. The van der Waals surface area contributed by atoms with Gasteiger partial charge in [-0.25, -0.2) is 0 Å². The van der Waals surface area contributed by atoms with Crippen LogP contribution in [0.4, 0.5) is 0 Å². The van der Waals surface area contributed by atoms with Crippen LogP contribution in [0.3, 0.4) is 0 Å². The third kappa shape index (κ3) is 2.98. The van der Waals surface area contributed by atoms with Crippen LogP contribution in [0.15, 0.2) is 4.47 Å². The molecule has 0 aliphatic carbocycles. The van der Waals surface area contributed by atoms with Gasteiger partial charge >= 0.3 is 0 Å². The summed E-state index contributed by atoms with van der Waals surface area (Å²) in [7, 11) is 1.92. The normalized spacial score (nSPS) is 20.7. The van der Waals surface area contributed by atoms with E-state index in [2.05, 4.69) is 28.0 Å². The molecule has 0 saturated carbocycles. The largest absolute Gasteiger partial charge is 0.378 e. The molecule has 2 heterocycles. The summed E-state index contributed by atoms with van der Waals surface area (Å²) in [5, 5.41) is 4.46. The predicted molar refractivity (Wildman–Crippen MR) is 74.5 cm³/mol. The van der Waals surface area contributed by atoms with Gasteiger partial charge in [0.15, 0.2) is 0 Å². The lowest BCUT2D eigenvalue weighted by molar-refractivity contribution is -0.129. The first-order chi connectivity index (χ1) is 9.04. The number of ether oxygens (including phenoxy) is 1. The Balaban J connectivity index is 2.19. The molecule has 1 aromatic heterocycles. The van der Waals surface area contributed by atoms with Gasteiger partial charge in [0.25, 0.3) is 0 Å². The number of primary amides is 1. The number of carbonyl (C=O) groups excluding carboxylic acids is 1. The number of morpholine rings is 1. The third-order valence-electron chi connectivity index (χ3n) is 3.42. The van der Waals surface area contributed by atoms with Crippen LogP contribution >= 0.6 is 15.9 Å². The molecule has 1 fully saturated rings. The van der Waals surface area contributed by atoms with E-state index in [1.165, 1.54) is 0 Å². The van der Waals surface area contributed by atoms with E-state index in [9.17, 15) is 4.79 Å². The molecule has 106 valence electrons. The van der Waals surface area contributed by atoms with Crippen LogP contribution < -0.4 is 5.73 Å². The van der Waals surface area contributed by atoms with E-state index in [1.54, 1.807) is 0 Å². The van der Waals surface area contributed by atoms with Crippen molar-refractivity contribution in [1.82, 2.24) is 14.7 Å². The first-order valence-corrected chi connectivity index (χ1v) is 7.15. The monoisotopic (exact) mass is 330 g/mol. The average molecular weight is 331 g/mol. The SMILES string of the molecule is CCc1nn(C)c(CN2CCOCC2C(N)=O)c1Br. The van der Waals surface area contributed by atoms with Gasteiger partial charge in [0, 0.05) is 20.1 Å². The molecule has 0 radical (unpaired) electrons. The number of carbonyl (C=O) groups is 1. The second-order valence-corrected chi connectivity index (χ2v) is 5.44. The molecule has 0 bridgehead atoms. The van der Waals surface area contributed by atoms with E-state index in [0.29, 0.717) is 26.3 Å². The molecule has 7 heteroatoms. The van der Waals surface area contributed by atoms with Gasteiger partial charge < -0.3 is 10.5 Å². The van der Waals surface area contributed by atoms with Gasteiger partial charge in [-0.3, -0.25) is 14.4 Å². The first-order valence-electron chi connectivity index (χ1n) is 6.36. The minimum atomic E-state index is -0.361. The molecule has 1 atom stereocenters. The number of halogens is 1. The quantitative estimate of drug-likeness (QED) is 0.868. The van der Waals surface area contributed by atoms with Crippen molar-refractivity contribution in [1.29, 1.82) is 0 Å². The van der Waals surface area contributed by atoms with Crippen molar-refractivity contribution in [3.8, 4) is 0 Å². The van der Waals surface area contributed by atoms with Gasteiger partial charge in [-0.15, -0.1) is 0 Å². The summed E-state index contributed by atoms with van der Waals surface area (Å²) in [6.07, 6.45) is 0.872. The van der Waals surface area contributed by atoms with Crippen molar-refractivity contribution in [3.63, 3.8) is 0 Å². The summed E-state index contributed by atoms with van der Waals surface area (Å²) < 4.78 is 8.20. The smallest absolute Gasteiger partial charge is 0.237 e. The Morgan fingerprint density at radius 3 is 2.95 bits per heavy atom. The van der Waals surface area contributed by atoms with Crippen LogP contribution in [0, 0.1) is 0 Å². The van der Waals surface area contributed by atoms with Crippen LogP contribution in [-0.2, 0) is 29.5 Å². The maximum Gasteiger partial charge on any atom is 0.237 e. The maximum absolute atomic E-state index is 11.5. The fourth-order valence-corrected chi connectivity index (χ4v) is 3.01. The Kier molecular flexibility index (Phi) is 4.59. The summed E-state index contributed by atoms with van der Waals surface area (Å²) in [5.41, 5.74) is 7.51. The molecule has 0 aromatic carbocycles. The molecule has 1 aliphatic heterocycles. The summed E-state index contributed by atoms with van der Waals surface area (Å²) in [6.45, 7) is 4.40. The summed E-state index contributed by atoms with van der Waals surface area (Å²) >= 11 is 3.59. The van der Waals surface area contributed by atoms with E-state index in [-0.39, 0.29) is 11.9 Å². The topological polar surface area (TPSA) is 73.4 Å². The van der Waals surface area contributed by atoms with Gasteiger partial charge in [-0.1, -0.05) is 6.92 Å². The number of nitrogens with zero attached hydrogens (tertiary/aromatic N) is 3. The summed E-state index contributed by atoms with van der Waals surface area (Å²) in [5.74, 6) is -0.339. The van der Waals surface area contributed by atoms with E-state index in [1.807, 2.05) is 16.6 Å². The molecular weight excluding hydrogens is 312 g/mol. The van der Waals surface area contributed by atoms with Crippen LogP contribution in [0.2, 0.25) is 0 Å². The number of hydrogen-bond donors (Lipinski definition) is 1. The third-order valence-corrected chi connectivity index (χ3v) is 4.34. The van der Waals surface area contributed by atoms with Gasteiger partial charge in [-0.05, 0) is 22.4 Å². The zero-order valence-electron chi connectivity index (χ0n) is 11.2. The number of amides is 1. The van der Waals surface area contributed by atoms with Crippen molar-refractivity contribution in [2.75, 3.05) is 19.8 Å². The van der Waals surface area contributed by atoms with Crippen LogP contribution in [0.1, 0.15) is 18.3 Å². The van der Waals surface area contributed by atoms with Crippen LogP contribution in [-0.4, -0.2) is 46.4 Å². The van der Waals surface area contributed by atoms with Crippen LogP contribution in [0.5, 0.6) is 0 Å². The Morgan fingerprint density at radius 1 is 1.63 bits per heavy atom. The number of rotatable bonds is 4. The second-order valence-electron chi connectivity index (χ2n) is 4.65. The average Bonchev–Trinajstić information content (AvgIpc) is 2.66. The highest BCUT2D eigenvalue weighted by Crippen LogP contribution is 2.24. The molecule has 2 N–H and O–H groups in total.